The summed E-state index contributed by atoms with van der Waals surface area (Å²) in [5.74, 6) is -0.136. The van der Waals surface area contributed by atoms with Gasteiger partial charge in [0, 0.05) is 31.2 Å². The largest absolute Gasteiger partial charge is 0.353 e. The van der Waals surface area contributed by atoms with Crippen molar-refractivity contribution in [2.75, 3.05) is 33.2 Å². The second-order valence-electron chi connectivity index (χ2n) is 8.08. The van der Waals surface area contributed by atoms with Crippen molar-refractivity contribution < 1.29 is 4.79 Å². The number of likely N-dealkylation sites (tertiary alicyclic amines) is 2. The maximum absolute atomic E-state index is 12.6. The average molecular weight is 359 g/mol. The smallest absolute Gasteiger partial charge is 0.224 e. The quantitative estimate of drug-likeness (QED) is 0.845. The highest BCUT2D eigenvalue weighted by Crippen LogP contribution is 2.22. The topological polar surface area (TPSA) is 61.6 Å². The van der Waals surface area contributed by atoms with Crippen molar-refractivity contribution in [2.24, 2.45) is 11.7 Å². The summed E-state index contributed by atoms with van der Waals surface area (Å²) >= 11 is 0. The van der Waals surface area contributed by atoms with Crippen LogP contribution in [0.5, 0.6) is 0 Å². The number of hydrogen-bond acceptors (Lipinski definition) is 4. The Morgan fingerprint density at radius 1 is 1.08 bits per heavy atom. The van der Waals surface area contributed by atoms with E-state index in [0.717, 1.165) is 37.5 Å². The van der Waals surface area contributed by atoms with E-state index in [1.54, 1.807) is 0 Å². The maximum atomic E-state index is 12.6. The van der Waals surface area contributed by atoms with Gasteiger partial charge in [-0.15, -0.1) is 0 Å². The van der Waals surface area contributed by atoms with Gasteiger partial charge in [0.2, 0.25) is 5.91 Å². The Labute approximate surface area is 157 Å². The van der Waals surface area contributed by atoms with Gasteiger partial charge in [-0.1, -0.05) is 37.3 Å². The molecule has 0 bridgehead atoms. The summed E-state index contributed by atoms with van der Waals surface area (Å²) in [6, 6.07) is 10.7. The van der Waals surface area contributed by atoms with E-state index in [9.17, 15) is 4.79 Å². The fraction of sp³-hybridized carbons (Fsp3) is 0.667. The van der Waals surface area contributed by atoms with Crippen LogP contribution < -0.4 is 11.1 Å². The summed E-state index contributed by atoms with van der Waals surface area (Å²) in [5, 5.41) is 3.25. The third-order valence-electron chi connectivity index (χ3n) is 6.22. The summed E-state index contributed by atoms with van der Waals surface area (Å²) in [6.07, 6.45) is 4.64. The van der Waals surface area contributed by atoms with Crippen molar-refractivity contribution in [1.82, 2.24) is 15.1 Å². The van der Waals surface area contributed by atoms with Crippen LogP contribution in [0.3, 0.4) is 0 Å². The number of piperidine rings is 2. The molecule has 5 heteroatoms. The van der Waals surface area contributed by atoms with E-state index in [0.29, 0.717) is 0 Å². The molecule has 1 aromatic carbocycles. The molecule has 1 amide bonds. The monoisotopic (exact) mass is 358 g/mol. The first kappa shape index (κ1) is 19.3. The molecule has 26 heavy (non-hydrogen) atoms. The number of carbonyl (C=O) groups is 1. The molecule has 2 fully saturated rings. The number of amides is 1. The molecular weight excluding hydrogens is 324 g/mol. The number of rotatable bonds is 5. The highest BCUT2D eigenvalue weighted by Gasteiger charge is 2.29. The molecule has 0 aromatic heterocycles. The molecular formula is C21H34N4O. The molecule has 144 valence electrons. The summed E-state index contributed by atoms with van der Waals surface area (Å²) < 4.78 is 0. The number of nitrogens with zero attached hydrogens (tertiary/aromatic N) is 2. The molecule has 2 atom stereocenters. The van der Waals surface area contributed by atoms with Crippen molar-refractivity contribution in [3.63, 3.8) is 0 Å². The summed E-state index contributed by atoms with van der Waals surface area (Å²) in [7, 11) is 2.21. The van der Waals surface area contributed by atoms with Gasteiger partial charge < -0.3 is 20.9 Å². The first-order valence-corrected chi connectivity index (χ1v) is 10.1. The van der Waals surface area contributed by atoms with Gasteiger partial charge in [0.15, 0.2) is 0 Å². The zero-order valence-electron chi connectivity index (χ0n) is 16.2. The van der Waals surface area contributed by atoms with Gasteiger partial charge in [0.1, 0.15) is 0 Å². The summed E-state index contributed by atoms with van der Waals surface area (Å²) in [5.41, 5.74) is 7.32. The predicted octanol–water partition coefficient (Wildman–Crippen LogP) is 2.00. The Morgan fingerprint density at radius 3 is 2.31 bits per heavy atom. The van der Waals surface area contributed by atoms with Crippen LogP contribution >= 0.6 is 0 Å². The van der Waals surface area contributed by atoms with E-state index in [1.807, 2.05) is 37.3 Å². The minimum absolute atomic E-state index is 0.0825. The molecule has 2 unspecified atom stereocenters. The van der Waals surface area contributed by atoms with Gasteiger partial charge in [-0.2, -0.15) is 0 Å². The second kappa shape index (κ2) is 8.98. The van der Waals surface area contributed by atoms with Crippen LogP contribution in [0.1, 0.15) is 44.2 Å². The molecule has 2 heterocycles. The SMILES string of the molecule is CC(C(=O)NC1CCN(C2CCN(C)CC2)CC1)C(N)c1ccccc1. The van der Waals surface area contributed by atoms with E-state index in [-0.39, 0.29) is 23.9 Å². The number of carbonyl (C=O) groups excluding carboxylic acids is 1. The molecule has 2 aliphatic heterocycles. The lowest BCUT2D eigenvalue weighted by atomic mass is 9.93. The van der Waals surface area contributed by atoms with Crippen molar-refractivity contribution in [1.29, 1.82) is 0 Å². The third kappa shape index (κ3) is 4.84. The van der Waals surface area contributed by atoms with Gasteiger partial charge in [-0.3, -0.25) is 4.79 Å². The van der Waals surface area contributed by atoms with Crippen LogP contribution in [0, 0.1) is 5.92 Å². The van der Waals surface area contributed by atoms with Gasteiger partial charge in [0.25, 0.3) is 0 Å². The predicted molar refractivity (Wildman–Crippen MR) is 106 cm³/mol. The van der Waals surface area contributed by atoms with Crippen molar-refractivity contribution in [3.05, 3.63) is 35.9 Å². The lowest BCUT2D eigenvalue weighted by molar-refractivity contribution is -0.126. The molecule has 3 rings (SSSR count). The van der Waals surface area contributed by atoms with E-state index in [1.165, 1.54) is 25.9 Å². The fourth-order valence-electron chi connectivity index (χ4n) is 4.23. The Balaban J connectivity index is 1.44. The van der Waals surface area contributed by atoms with Gasteiger partial charge in [-0.05, 0) is 51.4 Å². The third-order valence-corrected chi connectivity index (χ3v) is 6.22. The standard InChI is InChI=1S/C21H34N4O/c1-16(20(22)17-6-4-3-5-7-17)21(26)23-18-8-14-25(15-9-18)19-10-12-24(2)13-11-19/h3-7,16,18-20H,8-15,22H2,1-2H3,(H,23,26). The first-order chi connectivity index (χ1) is 12.5. The highest BCUT2D eigenvalue weighted by molar-refractivity contribution is 5.79. The second-order valence-corrected chi connectivity index (χ2v) is 8.08. The molecule has 0 aliphatic carbocycles. The zero-order valence-corrected chi connectivity index (χ0v) is 16.2. The van der Waals surface area contributed by atoms with Crippen LogP contribution in [0.25, 0.3) is 0 Å². The van der Waals surface area contributed by atoms with E-state index >= 15 is 0 Å². The zero-order chi connectivity index (χ0) is 18.5. The van der Waals surface area contributed by atoms with E-state index in [4.69, 9.17) is 5.73 Å². The maximum Gasteiger partial charge on any atom is 0.224 e. The van der Waals surface area contributed by atoms with Gasteiger partial charge in [-0.25, -0.2) is 0 Å². The molecule has 1 aromatic rings. The number of nitrogens with two attached hydrogens (primary N) is 1. The minimum Gasteiger partial charge on any atom is -0.353 e. The Hall–Kier alpha value is -1.43. The Morgan fingerprint density at radius 2 is 1.69 bits per heavy atom. The number of benzene rings is 1. The summed E-state index contributed by atoms with van der Waals surface area (Å²) in [6.45, 7) is 6.53. The summed E-state index contributed by atoms with van der Waals surface area (Å²) in [4.78, 5) is 17.7. The van der Waals surface area contributed by atoms with E-state index < -0.39 is 0 Å². The van der Waals surface area contributed by atoms with E-state index in [2.05, 4.69) is 22.2 Å². The fourth-order valence-corrected chi connectivity index (χ4v) is 4.23. The Kier molecular flexibility index (Phi) is 6.68. The van der Waals surface area contributed by atoms with Gasteiger partial charge >= 0.3 is 0 Å². The minimum atomic E-state index is -0.254. The van der Waals surface area contributed by atoms with Crippen LogP contribution in [-0.4, -0.2) is 61.0 Å². The number of nitrogens with one attached hydrogen (secondary N) is 1. The van der Waals surface area contributed by atoms with Crippen molar-refractivity contribution in [2.45, 2.75) is 50.7 Å². The molecule has 2 saturated heterocycles. The molecule has 0 spiro atoms. The van der Waals surface area contributed by atoms with Crippen molar-refractivity contribution in [3.8, 4) is 0 Å². The van der Waals surface area contributed by atoms with Crippen LogP contribution in [0.4, 0.5) is 0 Å². The molecule has 5 nitrogen and oxygen atoms in total. The molecule has 3 N–H and O–H groups in total. The molecule has 0 saturated carbocycles. The van der Waals surface area contributed by atoms with Crippen molar-refractivity contribution >= 4 is 5.91 Å². The molecule has 0 radical (unpaired) electrons. The van der Waals surface area contributed by atoms with Gasteiger partial charge in [0.05, 0.1) is 5.92 Å². The van der Waals surface area contributed by atoms with Crippen LogP contribution in [0.2, 0.25) is 0 Å². The molecule has 2 aliphatic rings. The van der Waals surface area contributed by atoms with Crippen LogP contribution in [0.15, 0.2) is 30.3 Å². The lowest BCUT2D eigenvalue weighted by Crippen LogP contribution is -2.51. The average Bonchev–Trinajstić information content (AvgIpc) is 2.69. The highest BCUT2D eigenvalue weighted by atomic mass is 16.2. The Bertz CT molecular complexity index is 563. The normalized spacial score (nSPS) is 23.5. The van der Waals surface area contributed by atoms with Crippen LogP contribution in [-0.2, 0) is 4.79 Å². The first-order valence-electron chi connectivity index (χ1n) is 10.1. The lowest BCUT2D eigenvalue weighted by Gasteiger charge is -2.41. The number of hydrogen-bond donors (Lipinski definition) is 2.